The van der Waals surface area contributed by atoms with E-state index in [0.717, 1.165) is 0 Å². The molecule has 0 atom stereocenters. The molecular formula is C19H17FN2O2. The zero-order valence-electron chi connectivity index (χ0n) is 13.5. The van der Waals surface area contributed by atoms with Gasteiger partial charge < -0.3 is 9.64 Å². The zero-order chi connectivity index (χ0) is 17.2. The molecule has 0 radical (unpaired) electrons. The smallest absolute Gasteiger partial charge is 0.272 e. The van der Waals surface area contributed by atoms with Gasteiger partial charge in [-0.3, -0.25) is 4.79 Å². The molecule has 2 heterocycles. The lowest BCUT2D eigenvalue weighted by Crippen LogP contribution is -2.60. The summed E-state index contributed by atoms with van der Waals surface area (Å²) < 4.78 is 18.0. The third kappa shape index (κ3) is 3.29. The van der Waals surface area contributed by atoms with Crippen molar-refractivity contribution in [1.82, 2.24) is 9.88 Å². The van der Waals surface area contributed by atoms with Gasteiger partial charge in [0.15, 0.2) is 0 Å². The average Bonchev–Trinajstić information content (AvgIpc) is 2.58. The van der Waals surface area contributed by atoms with E-state index < -0.39 is 0 Å². The van der Waals surface area contributed by atoms with Crippen LogP contribution in [0, 0.1) is 17.7 Å². The van der Waals surface area contributed by atoms with Crippen molar-refractivity contribution in [2.24, 2.45) is 0 Å². The lowest BCUT2D eigenvalue weighted by atomic mass is 9.98. The van der Waals surface area contributed by atoms with Crippen LogP contribution in [-0.2, 0) is 4.74 Å². The monoisotopic (exact) mass is 324 g/mol. The molecule has 0 bridgehead atoms. The lowest BCUT2D eigenvalue weighted by Gasteiger charge is -2.45. The van der Waals surface area contributed by atoms with Gasteiger partial charge in [0.25, 0.3) is 5.91 Å². The number of ether oxygens (including phenoxy) is 1. The Bertz CT molecular complexity index is 800. The van der Waals surface area contributed by atoms with Crippen LogP contribution in [0.2, 0.25) is 0 Å². The van der Waals surface area contributed by atoms with Crippen LogP contribution in [0.1, 0.15) is 28.5 Å². The largest absolute Gasteiger partial charge is 0.376 e. The third-order valence-electron chi connectivity index (χ3n) is 4.12. The van der Waals surface area contributed by atoms with E-state index in [-0.39, 0.29) is 17.3 Å². The van der Waals surface area contributed by atoms with Crippen LogP contribution in [0.25, 0.3) is 0 Å². The predicted octanol–water partition coefficient (Wildman–Crippen LogP) is 2.48. The van der Waals surface area contributed by atoms with Crippen molar-refractivity contribution in [1.29, 1.82) is 0 Å². The Hall–Kier alpha value is -2.71. The Balaban J connectivity index is 1.71. The molecule has 1 aliphatic heterocycles. The molecule has 1 aromatic heterocycles. The number of aromatic nitrogens is 1. The summed E-state index contributed by atoms with van der Waals surface area (Å²) >= 11 is 0. The quantitative estimate of drug-likeness (QED) is 0.797. The Morgan fingerprint density at radius 3 is 2.33 bits per heavy atom. The highest BCUT2D eigenvalue weighted by Gasteiger charge is 2.40. The van der Waals surface area contributed by atoms with E-state index in [9.17, 15) is 9.18 Å². The summed E-state index contributed by atoms with van der Waals surface area (Å²) in [6, 6.07) is 9.38. The van der Waals surface area contributed by atoms with Crippen LogP contribution >= 0.6 is 0 Å². The Morgan fingerprint density at radius 2 is 1.79 bits per heavy atom. The second kappa shape index (κ2) is 6.42. The number of benzene rings is 1. The van der Waals surface area contributed by atoms with E-state index in [0.29, 0.717) is 30.0 Å². The molecule has 1 aromatic carbocycles. The molecule has 4 nitrogen and oxygen atoms in total. The van der Waals surface area contributed by atoms with Crippen molar-refractivity contribution >= 4 is 5.91 Å². The van der Waals surface area contributed by atoms with Crippen LogP contribution in [0.3, 0.4) is 0 Å². The van der Waals surface area contributed by atoms with E-state index in [2.05, 4.69) is 16.8 Å². The van der Waals surface area contributed by atoms with Crippen molar-refractivity contribution < 1.29 is 13.9 Å². The molecule has 0 spiro atoms. The second-order valence-electron chi connectivity index (χ2n) is 6.04. The number of amides is 1. The maximum absolute atomic E-state index is 12.8. The molecule has 24 heavy (non-hydrogen) atoms. The van der Waals surface area contributed by atoms with Gasteiger partial charge in [-0.05, 0) is 43.3 Å². The van der Waals surface area contributed by atoms with Crippen LogP contribution in [0.15, 0.2) is 42.6 Å². The van der Waals surface area contributed by atoms with Gasteiger partial charge in [0.2, 0.25) is 0 Å². The number of hydrogen-bond donors (Lipinski definition) is 0. The van der Waals surface area contributed by atoms with Gasteiger partial charge >= 0.3 is 0 Å². The van der Waals surface area contributed by atoms with E-state index in [1.165, 1.54) is 12.1 Å². The summed E-state index contributed by atoms with van der Waals surface area (Å²) in [7, 11) is 1.76. The van der Waals surface area contributed by atoms with Crippen LogP contribution in [0.5, 0.6) is 0 Å². The maximum atomic E-state index is 12.8. The summed E-state index contributed by atoms with van der Waals surface area (Å²) in [5.41, 5.74) is 1.52. The van der Waals surface area contributed by atoms with Gasteiger partial charge in [-0.1, -0.05) is 11.8 Å². The molecule has 2 aromatic rings. The fourth-order valence-electron chi connectivity index (χ4n) is 2.28. The summed E-state index contributed by atoms with van der Waals surface area (Å²) in [6.07, 6.45) is 1.57. The number of carbonyl (C=O) groups is 1. The highest BCUT2D eigenvalue weighted by Crippen LogP contribution is 2.24. The van der Waals surface area contributed by atoms with E-state index >= 15 is 0 Å². The fourth-order valence-corrected chi connectivity index (χ4v) is 2.28. The third-order valence-corrected chi connectivity index (χ3v) is 4.12. The van der Waals surface area contributed by atoms with E-state index in [1.807, 2.05) is 6.92 Å². The molecule has 5 heteroatoms. The highest BCUT2D eigenvalue weighted by molar-refractivity contribution is 5.92. The van der Waals surface area contributed by atoms with Crippen LogP contribution in [0.4, 0.5) is 4.39 Å². The molecule has 1 saturated heterocycles. The molecule has 0 aliphatic carbocycles. The van der Waals surface area contributed by atoms with Gasteiger partial charge in [0.05, 0.1) is 18.8 Å². The first kappa shape index (κ1) is 16.2. The fraction of sp³-hybridized carbons (Fsp3) is 0.263. The first-order valence-corrected chi connectivity index (χ1v) is 7.57. The highest BCUT2D eigenvalue weighted by atomic mass is 19.1. The van der Waals surface area contributed by atoms with Gasteiger partial charge in [-0.2, -0.15) is 0 Å². The molecule has 122 valence electrons. The molecule has 1 amide bonds. The number of carbonyl (C=O) groups excluding carboxylic acids is 1. The first-order chi connectivity index (χ1) is 11.5. The van der Waals surface area contributed by atoms with Crippen molar-refractivity contribution in [3.8, 4) is 11.8 Å². The number of halogens is 1. The molecule has 1 fully saturated rings. The van der Waals surface area contributed by atoms with Gasteiger partial charge in [-0.25, -0.2) is 9.37 Å². The maximum Gasteiger partial charge on any atom is 0.272 e. The minimum atomic E-state index is -0.292. The molecular weight excluding hydrogens is 307 g/mol. The summed E-state index contributed by atoms with van der Waals surface area (Å²) in [6.45, 7) is 3.06. The summed E-state index contributed by atoms with van der Waals surface area (Å²) in [5, 5.41) is 0. The molecule has 1 aliphatic rings. The Morgan fingerprint density at radius 1 is 1.17 bits per heavy atom. The molecule has 0 N–H and O–H groups in total. The topological polar surface area (TPSA) is 42.4 Å². The first-order valence-electron chi connectivity index (χ1n) is 7.57. The SMILES string of the molecule is CN(C(=O)c1ccc(C#Cc2ccc(F)cc2)cn1)C1(C)COC1. The van der Waals surface area contributed by atoms with Crippen molar-refractivity contribution in [3.63, 3.8) is 0 Å². The Labute approximate surface area is 140 Å². The Kier molecular flexibility index (Phi) is 4.32. The van der Waals surface area contributed by atoms with Gasteiger partial charge in [0, 0.05) is 24.4 Å². The second-order valence-corrected chi connectivity index (χ2v) is 6.04. The summed E-state index contributed by atoms with van der Waals surface area (Å²) in [5.74, 6) is 5.45. The number of likely N-dealkylation sites (N-methyl/N-ethyl adjacent to an activating group) is 1. The minimum Gasteiger partial charge on any atom is -0.376 e. The predicted molar refractivity (Wildman–Crippen MR) is 87.9 cm³/mol. The number of nitrogens with zero attached hydrogens (tertiary/aromatic N) is 2. The van der Waals surface area contributed by atoms with Crippen LogP contribution < -0.4 is 0 Å². The van der Waals surface area contributed by atoms with E-state index in [4.69, 9.17) is 4.74 Å². The van der Waals surface area contributed by atoms with Gasteiger partial charge in [-0.15, -0.1) is 0 Å². The van der Waals surface area contributed by atoms with E-state index in [1.54, 1.807) is 42.4 Å². The number of hydrogen-bond acceptors (Lipinski definition) is 3. The van der Waals surface area contributed by atoms with Crippen molar-refractivity contribution in [3.05, 3.63) is 65.2 Å². The average molecular weight is 324 g/mol. The lowest BCUT2D eigenvalue weighted by molar-refractivity contribution is -0.108. The minimum absolute atomic E-state index is 0.140. The van der Waals surface area contributed by atoms with Crippen molar-refractivity contribution in [2.45, 2.75) is 12.5 Å². The van der Waals surface area contributed by atoms with Crippen LogP contribution in [-0.4, -0.2) is 41.6 Å². The van der Waals surface area contributed by atoms with Gasteiger partial charge in [0.1, 0.15) is 11.5 Å². The zero-order valence-corrected chi connectivity index (χ0v) is 13.5. The standard InChI is InChI=1S/C19H17FN2O2/c1-19(12-24-13-19)22(2)18(23)17-10-7-15(11-21-17)4-3-14-5-8-16(20)9-6-14/h5-11H,12-13H2,1-2H3. The number of pyridine rings is 1. The van der Waals surface area contributed by atoms with Crippen molar-refractivity contribution in [2.75, 3.05) is 20.3 Å². The molecule has 0 unspecified atom stereocenters. The summed E-state index contributed by atoms with van der Waals surface area (Å²) in [4.78, 5) is 18.3. The molecule has 3 rings (SSSR count). The number of rotatable bonds is 2. The normalized spacial score (nSPS) is 15.0. The molecule has 0 saturated carbocycles.